The van der Waals surface area contributed by atoms with Crippen molar-refractivity contribution in [2.45, 2.75) is 58.9 Å². The van der Waals surface area contributed by atoms with E-state index in [0.29, 0.717) is 12.3 Å². The van der Waals surface area contributed by atoms with Gasteiger partial charge in [-0.25, -0.2) is 4.98 Å². The Balaban J connectivity index is 1.97. The van der Waals surface area contributed by atoms with Crippen molar-refractivity contribution >= 4 is 17.0 Å². The minimum Gasteiger partial charge on any atom is -0.507 e. The second kappa shape index (κ2) is 6.59. The molecule has 3 aromatic rings. The number of hydrogen-bond donors (Lipinski definition) is 2. The van der Waals surface area contributed by atoms with Crippen LogP contribution in [0.4, 0.5) is 5.95 Å². The van der Waals surface area contributed by atoms with Crippen LogP contribution in [0, 0.1) is 0 Å². The number of anilines is 1. The molecule has 0 bridgehead atoms. The molecule has 3 rings (SSSR count). The van der Waals surface area contributed by atoms with E-state index in [1.807, 2.05) is 25.2 Å². The third-order valence-corrected chi connectivity index (χ3v) is 5.02. The first-order valence-electron chi connectivity index (χ1n) is 9.50. The smallest absolute Gasteiger partial charge is 0.203 e. The van der Waals surface area contributed by atoms with Crippen molar-refractivity contribution in [3.63, 3.8) is 0 Å². The van der Waals surface area contributed by atoms with E-state index in [0.717, 1.165) is 33.7 Å². The van der Waals surface area contributed by atoms with E-state index in [1.54, 1.807) is 0 Å². The lowest BCUT2D eigenvalue weighted by Gasteiger charge is -2.28. The van der Waals surface area contributed by atoms with Crippen molar-refractivity contribution in [1.82, 2.24) is 9.55 Å². The molecule has 4 nitrogen and oxygen atoms in total. The number of benzene rings is 2. The lowest BCUT2D eigenvalue weighted by atomic mass is 9.78. The molecule has 0 aliphatic carbocycles. The molecule has 4 heteroatoms. The Morgan fingerprint density at radius 3 is 2.04 bits per heavy atom. The van der Waals surface area contributed by atoms with Gasteiger partial charge < -0.3 is 15.0 Å². The zero-order valence-corrected chi connectivity index (χ0v) is 17.5. The maximum absolute atomic E-state index is 10.9. The molecule has 0 radical (unpaired) electrons. The normalized spacial score (nSPS) is 12.6. The summed E-state index contributed by atoms with van der Waals surface area (Å²) in [7, 11) is 2.02. The molecule has 0 saturated heterocycles. The molecular formula is C23H31N3O. The molecular weight excluding hydrogens is 334 g/mol. The summed E-state index contributed by atoms with van der Waals surface area (Å²) in [5, 5.41) is 14.3. The number of aryl methyl sites for hydroxylation is 1. The van der Waals surface area contributed by atoms with E-state index in [4.69, 9.17) is 0 Å². The fraction of sp³-hybridized carbons (Fsp3) is 0.435. The molecule has 2 aromatic carbocycles. The van der Waals surface area contributed by atoms with Crippen LogP contribution in [0.3, 0.4) is 0 Å². The van der Waals surface area contributed by atoms with E-state index >= 15 is 0 Å². The van der Waals surface area contributed by atoms with E-state index in [2.05, 4.69) is 74.6 Å². The first-order valence-corrected chi connectivity index (χ1v) is 9.50. The molecule has 1 aromatic heterocycles. The van der Waals surface area contributed by atoms with Gasteiger partial charge in [0, 0.05) is 13.6 Å². The molecule has 144 valence electrons. The maximum atomic E-state index is 10.9. The van der Waals surface area contributed by atoms with Gasteiger partial charge in [-0.15, -0.1) is 0 Å². The molecule has 0 atom stereocenters. The molecule has 0 aliphatic heterocycles. The SMILES string of the molecule is Cn1c(NCc2cc(C(C)(C)C)c(O)c(C(C)(C)C)c2)nc2ccccc21. The minimum absolute atomic E-state index is 0.127. The van der Waals surface area contributed by atoms with Crippen molar-refractivity contribution in [3.8, 4) is 5.75 Å². The van der Waals surface area contributed by atoms with Gasteiger partial charge in [-0.2, -0.15) is 0 Å². The van der Waals surface area contributed by atoms with Gasteiger partial charge in [0.05, 0.1) is 11.0 Å². The molecule has 0 amide bonds. The van der Waals surface area contributed by atoms with Crippen LogP contribution in [0.1, 0.15) is 58.2 Å². The summed E-state index contributed by atoms with van der Waals surface area (Å²) in [6.07, 6.45) is 0. The predicted molar refractivity (Wildman–Crippen MR) is 114 cm³/mol. The Morgan fingerprint density at radius 1 is 0.963 bits per heavy atom. The van der Waals surface area contributed by atoms with Gasteiger partial charge in [-0.3, -0.25) is 0 Å². The highest BCUT2D eigenvalue weighted by molar-refractivity contribution is 5.78. The summed E-state index contributed by atoms with van der Waals surface area (Å²) in [6, 6.07) is 12.4. The van der Waals surface area contributed by atoms with E-state index in [-0.39, 0.29) is 10.8 Å². The molecule has 1 heterocycles. The second-order valence-electron chi connectivity index (χ2n) is 9.38. The van der Waals surface area contributed by atoms with Crippen LogP contribution >= 0.6 is 0 Å². The quantitative estimate of drug-likeness (QED) is 0.645. The van der Waals surface area contributed by atoms with Crippen LogP contribution in [0.5, 0.6) is 5.75 Å². The van der Waals surface area contributed by atoms with Gasteiger partial charge in [0.25, 0.3) is 0 Å². The second-order valence-corrected chi connectivity index (χ2v) is 9.38. The molecule has 0 saturated carbocycles. The number of phenols is 1. The highest BCUT2D eigenvalue weighted by Gasteiger charge is 2.26. The standard InChI is InChI=1S/C23H31N3O/c1-22(2,3)16-12-15(13-17(20(16)27)23(4,5)6)14-24-21-25-18-10-8-9-11-19(18)26(21)7/h8-13,27H,14H2,1-7H3,(H,24,25). The fourth-order valence-corrected chi connectivity index (χ4v) is 3.42. The average Bonchev–Trinajstić information content (AvgIpc) is 2.88. The molecule has 27 heavy (non-hydrogen) atoms. The summed E-state index contributed by atoms with van der Waals surface area (Å²) in [4.78, 5) is 4.69. The fourth-order valence-electron chi connectivity index (χ4n) is 3.42. The third kappa shape index (κ3) is 3.80. The highest BCUT2D eigenvalue weighted by atomic mass is 16.3. The molecule has 0 spiro atoms. The summed E-state index contributed by atoms with van der Waals surface area (Å²) in [6.45, 7) is 13.5. The maximum Gasteiger partial charge on any atom is 0.203 e. The van der Waals surface area contributed by atoms with Crippen LogP contribution in [0.15, 0.2) is 36.4 Å². The topological polar surface area (TPSA) is 50.1 Å². The summed E-state index contributed by atoms with van der Waals surface area (Å²) in [5.74, 6) is 1.26. The molecule has 0 fully saturated rings. The largest absolute Gasteiger partial charge is 0.507 e. The van der Waals surface area contributed by atoms with Crippen molar-refractivity contribution in [2.75, 3.05) is 5.32 Å². The van der Waals surface area contributed by atoms with Crippen LogP contribution in [0.25, 0.3) is 11.0 Å². The summed E-state index contributed by atoms with van der Waals surface area (Å²) in [5.41, 5.74) is 4.95. The number of para-hydroxylation sites is 2. The minimum atomic E-state index is -0.127. The van der Waals surface area contributed by atoms with Crippen LogP contribution in [-0.2, 0) is 24.4 Å². The van der Waals surface area contributed by atoms with Crippen LogP contribution in [0.2, 0.25) is 0 Å². The van der Waals surface area contributed by atoms with Crippen LogP contribution in [-0.4, -0.2) is 14.7 Å². The van der Waals surface area contributed by atoms with Crippen molar-refractivity contribution in [1.29, 1.82) is 0 Å². The van der Waals surface area contributed by atoms with E-state index < -0.39 is 0 Å². The first kappa shape index (κ1) is 19.3. The zero-order chi connectivity index (χ0) is 20.0. The van der Waals surface area contributed by atoms with Gasteiger partial charge in [0.2, 0.25) is 5.95 Å². The number of nitrogens with zero attached hydrogens (tertiary/aromatic N) is 2. The average molecular weight is 366 g/mol. The lowest BCUT2D eigenvalue weighted by molar-refractivity contribution is 0.423. The Hall–Kier alpha value is -2.49. The predicted octanol–water partition coefficient (Wildman–Crippen LogP) is 5.49. The number of rotatable bonds is 3. The molecule has 0 unspecified atom stereocenters. The van der Waals surface area contributed by atoms with Crippen LogP contribution < -0.4 is 5.32 Å². The van der Waals surface area contributed by atoms with Gasteiger partial charge >= 0.3 is 0 Å². The Labute approximate surface area is 162 Å². The lowest BCUT2D eigenvalue weighted by Crippen LogP contribution is -2.18. The highest BCUT2D eigenvalue weighted by Crippen LogP contribution is 2.39. The summed E-state index contributed by atoms with van der Waals surface area (Å²) >= 11 is 0. The van der Waals surface area contributed by atoms with Crippen molar-refractivity contribution in [3.05, 3.63) is 53.1 Å². The Kier molecular flexibility index (Phi) is 4.71. The number of phenolic OH excluding ortho intramolecular Hbond substituents is 1. The Morgan fingerprint density at radius 2 is 1.52 bits per heavy atom. The van der Waals surface area contributed by atoms with Gasteiger partial charge in [-0.1, -0.05) is 53.7 Å². The zero-order valence-electron chi connectivity index (χ0n) is 17.5. The first-order chi connectivity index (χ1) is 12.5. The number of aromatic hydroxyl groups is 1. The van der Waals surface area contributed by atoms with E-state index in [1.165, 1.54) is 0 Å². The van der Waals surface area contributed by atoms with Crippen molar-refractivity contribution in [2.24, 2.45) is 7.05 Å². The number of hydrogen-bond acceptors (Lipinski definition) is 3. The Bertz CT molecular complexity index is 936. The van der Waals surface area contributed by atoms with Gasteiger partial charge in [0.15, 0.2) is 0 Å². The number of nitrogens with one attached hydrogen (secondary N) is 1. The number of fused-ring (bicyclic) bond motifs is 1. The van der Waals surface area contributed by atoms with Crippen molar-refractivity contribution < 1.29 is 5.11 Å². The monoisotopic (exact) mass is 365 g/mol. The van der Waals surface area contributed by atoms with E-state index in [9.17, 15) is 5.11 Å². The molecule has 2 N–H and O–H groups in total. The summed E-state index contributed by atoms with van der Waals surface area (Å²) < 4.78 is 2.07. The van der Waals surface area contributed by atoms with Gasteiger partial charge in [0.1, 0.15) is 5.75 Å². The van der Waals surface area contributed by atoms with Gasteiger partial charge in [-0.05, 0) is 51.8 Å². The third-order valence-electron chi connectivity index (χ3n) is 5.02. The molecule has 0 aliphatic rings. The number of aromatic nitrogens is 2. The number of imidazole rings is 1.